The molecule has 1 heterocycles. The third kappa shape index (κ3) is 5.95. The smallest absolute Gasteiger partial charge is 0.265 e. The Kier molecular flexibility index (Phi) is 8.35. The zero-order valence-electron chi connectivity index (χ0n) is 22.8. The molecular formula is C32H32FN3O4S. The first-order valence-corrected chi connectivity index (χ1v) is 15.1. The van der Waals surface area contributed by atoms with Crippen molar-refractivity contribution in [2.45, 2.75) is 43.7 Å². The number of sulfonamides is 1. The number of benzene rings is 4. The Labute approximate surface area is 239 Å². The van der Waals surface area contributed by atoms with E-state index in [1.807, 2.05) is 55.5 Å². The molecule has 0 saturated carbocycles. The second-order valence-electron chi connectivity index (χ2n) is 10.1. The van der Waals surface area contributed by atoms with Gasteiger partial charge in [-0.05, 0) is 54.1 Å². The van der Waals surface area contributed by atoms with Gasteiger partial charge in [0.15, 0.2) is 0 Å². The van der Waals surface area contributed by atoms with Gasteiger partial charge in [-0.1, -0.05) is 66.7 Å². The fourth-order valence-corrected chi connectivity index (χ4v) is 7.10. The van der Waals surface area contributed by atoms with Crippen molar-refractivity contribution in [2.75, 3.05) is 17.4 Å². The fourth-order valence-electron chi connectivity index (χ4n) is 5.35. The van der Waals surface area contributed by atoms with Gasteiger partial charge in [0.2, 0.25) is 11.8 Å². The van der Waals surface area contributed by atoms with Gasteiger partial charge in [-0.25, -0.2) is 12.8 Å². The highest BCUT2D eigenvalue weighted by Crippen LogP contribution is 2.42. The third-order valence-corrected chi connectivity index (χ3v) is 9.18. The minimum Gasteiger partial charge on any atom is -0.355 e. The molecule has 0 aromatic heterocycles. The number of anilines is 1. The van der Waals surface area contributed by atoms with Crippen LogP contribution in [0, 0.1) is 5.82 Å². The second kappa shape index (κ2) is 12.1. The van der Waals surface area contributed by atoms with Gasteiger partial charge < -0.3 is 10.2 Å². The van der Waals surface area contributed by atoms with Crippen LogP contribution in [0.3, 0.4) is 0 Å². The van der Waals surface area contributed by atoms with Crippen LogP contribution in [0.25, 0.3) is 10.8 Å². The molecule has 9 heteroatoms. The number of hydrogen-bond acceptors (Lipinski definition) is 4. The van der Waals surface area contributed by atoms with Crippen LogP contribution >= 0.6 is 0 Å². The molecule has 0 bridgehead atoms. The zero-order chi connectivity index (χ0) is 29.0. The van der Waals surface area contributed by atoms with Crippen molar-refractivity contribution in [2.24, 2.45) is 0 Å². The van der Waals surface area contributed by atoms with Gasteiger partial charge in [0.05, 0.1) is 10.6 Å². The highest BCUT2D eigenvalue weighted by atomic mass is 32.2. The standard InChI is InChI=1S/C32H32FN3O4S/c1-2-34-32(38)28(21-23-9-4-3-5-10-23)35(22-24-16-18-26(33)19-17-24)30(37)15-8-20-36-27-13-6-11-25-12-7-14-29(31(25)27)41(36,39)40/h3-7,9-14,16-19,28H,2,8,15,20-22H2,1H3,(H,34,38)/t28-/m1/s1. The Morgan fingerprint density at radius 3 is 2.32 bits per heavy atom. The molecule has 212 valence electrons. The van der Waals surface area contributed by atoms with Gasteiger partial charge in [-0.3, -0.25) is 13.9 Å². The van der Waals surface area contributed by atoms with Crippen LogP contribution in [0.15, 0.2) is 95.9 Å². The molecule has 4 aromatic carbocycles. The zero-order valence-corrected chi connectivity index (χ0v) is 23.6. The highest BCUT2D eigenvalue weighted by molar-refractivity contribution is 7.93. The Hall–Kier alpha value is -4.24. The minimum absolute atomic E-state index is 0.0320. The number of hydrogen-bond donors (Lipinski definition) is 1. The molecule has 1 aliphatic rings. The molecule has 41 heavy (non-hydrogen) atoms. The largest absolute Gasteiger partial charge is 0.355 e. The van der Waals surface area contributed by atoms with Crippen molar-refractivity contribution < 1.29 is 22.4 Å². The average Bonchev–Trinajstić information content (AvgIpc) is 3.19. The lowest BCUT2D eigenvalue weighted by atomic mass is 10.0. The summed E-state index contributed by atoms with van der Waals surface area (Å²) in [5.41, 5.74) is 2.19. The topological polar surface area (TPSA) is 86.8 Å². The van der Waals surface area contributed by atoms with Gasteiger partial charge in [-0.15, -0.1) is 0 Å². The molecule has 0 saturated heterocycles. The van der Waals surface area contributed by atoms with Gasteiger partial charge in [0, 0.05) is 37.9 Å². The van der Waals surface area contributed by atoms with Crippen molar-refractivity contribution in [3.05, 3.63) is 108 Å². The number of nitrogens with zero attached hydrogens (tertiary/aromatic N) is 2. The number of amides is 2. The summed E-state index contributed by atoms with van der Waals surface area (Å²) in [5, 5.41) is 4.39. The Morgan fingerprint density at radius 2 is 1.61 bits per heavy atom. The number of likely N-dealkylation sites (N-methyl/N-ethyl adjacent to an activating group) is 1. The molecular weight excluding hydrogens is 541 g/mol. The molecule has 0 spiro atoms. The molecule has 1 aliphatic heterocycles. The van der Waals surface area contributed by atoms with E-state index in [0.29, 0.717) is 29.6 Å². The second-order valence-corrected chi connectivity index (χ2v) is 11.9. The van der Waals surface area contributed by atoms with Crippen LogP contribution in [0.5, 0.6) is 0 Å². The molecule has 7 nitrogen and oxygen atoms in total. The summed E-state index contributed by atoms with van der Waals surface area (Å²) in [6.45, 7) is 2.46. The van der Waals surface area contributed by atoms with Crippen LogP contribution in [-0.2, 0) is 32.6 Å². The van der Waals surface area contributed by atoms with E-state index >= 15 is 0 Å². The molecule has 0 fully saturated rings. The van der Waals surface area contributed by atoms with E-state index in [2.05, 4.69) is 5.32 Å². The average molecular weight is 574 g/mol. The highest BCUT2D eigenvalue weighted by Gasteiger charge is 2.36. The Bertz CT molecular complexity index is 1650. The van der Waals surface area contributed by atoms with Crippen LogP contribution in [-0.4, -0.2) is 44.3 Å². The first-order valence-electron chi connectivity index (χ1n) is 13.7. The van der Waals surface area contributed by atoms with E-state index in [4.69, 9.17) is 0 Å². The summed E-state index contributed by atoms with van der Waals surface area (Å²) in [6.07, 6.45) is 0.595. The first-order chi connectivity index (χ1) is 19.8. The third-order valence-electron chi connectivity index (χ3n) is 7.32. The number of nitrogens with one attached hydrogen (secondary N) is 1. The molecule has 1 N–H and O–H groups in total. The first kappa shape index (κ1) is 28.3. The molecule has 5 rings (SSSR count). The summed E-state index contributed by atoms with van der Waals surface area (Å²) in [4.78, 5) is 28.9. The maximum atomic E-state index is 13.8. The van der Waals surface area contributed by atoms with Gasteiger partial charge in [0.1, 0.15) is 11.9 Å². The van der Waals surface area contributed by atoms with Crippen molar-refractivity contribution in [3.8, 4) is 0 Å². The molecule has 4 aromatic rings. The summed E-state index contributed by atoms with van der Waals surface area (Å²) >= 11 is 0. The molecule has 1 atom stereocenters. The van der Waals surface area contributed by atoms with Crippen LogP contribution < -0.4 is 9.62 Å². The maximum Gasteiger partial charge on any atom is 0.265 e. The summed E-state index contributed by atoms with van der Waals surface area (Å²) in [6, 6.07) is 25.2. The van der Waals surface area contributed by atoms with Gasteiger partial charge in [0.25, 0.3) is 10.0 Å². The predicted octanol–water partition coefficient (Wildman–Crippen LogP) is 5.04. The monoisotopic (exact) mass is 573 g/mol. The van der Waals surface area contributed by atoms with E-state index in [1.54, 1.807) is 30.3 Å². The van der Waals surface area contributed by atoms with Gasteiger partial charge in [-0.2, -0.15) is 0 Å². The van der Waals surface area contributed by atoms with E-state index < -0.39 is 16.1 Å². The Morgan fingerprint density at radius 1 is 0.902 bits per heavy atom. The SMILES string of the molecule is CCNC(=O)[C@@H](Cc1ccccc1)N(Cc1ccc(F)cc1)C(=O)CCCN1c2cccc3cccc(c23)S1(=O)=O. The number of carbonyl (C=O) groups excluding carboxylic acids is 2. The van der Waals surface area contributed by atoms with Crippen molar-refractivity contribution >= 4 is 38.3 Å². The fraction of sp³-hybridized carbons (Fsp3) is 0.250. The van der Waals surface area contributed by atoms with Crippen LogP contribution in [0.1, 0.15) is 30.9 Å². The Balaban J connectivity index is 1.38. The quantitative estimate of drug-likeness (QED) is 0.272. The number of rotatable bonds is 11. The summed E-state index contributed by atoms with van der Waals surface area (Å²) < 4.78 is 41.7. The van der Waals surface area contributed by atoms with Crippen molar-refractivity contribution in [1.82, 2.24) is 10.2 Å². The van der Waals surface area contributed by atoms with E-state index in [0.717, 1.165) is 10.9 Å². The van der Waals surface area contributed by atoms with E-state index in [9.17, 15) is 22.4 Å². The predicted molar refractivity (Wildman–Crippen MR) is 157 cm³/mol. The summed E-state index contributed by atoms with van der Waals surface area (Å²) in [7, 11) is -3.74. The van der Waals surface area contributed by atoms with E-state index in [-0.39, 0.29) is 48.5 Å². The van der Waals surface area contributed by atoms with Crippen LogP contribution in [0.4, 0.5) is 10.1 Å². The van der Waals surface area contributed by atoms with Gasteiger partial charge >= 0.3 is 0 Å². The number of carbonyl (C=O) groups is 2. The normalized spacial score (nSPS) is 14.1. The molecule has 0 unspecified atom stereocenters. The maximum absolute atomic E-state index is 13.8. The van der Waals surface area contributed by atoms with Crippen molar-refractivity contribution in [3.63, 3.8) is 0 Å². The summed E-state index contributed by atoms with van der Waals surface area (Å²) in [5.74, 6) is -0.955. The lowest BCUT2D eigenvalue weighted by molar-refractivity contribution is -0.141. The lowest BCUT2D eigenvalue weighted by Gasteiger charge is -2.32. The molecule has 2 amide bonds. The number of halogens is 1. The van der Waals surface area contributed by atoms with E-state index in [1.165, 1.54) is 21.3 Å². The molecule has 0 radical (unpaired) electrons. The van der Waals surface area contributed by atoms with Crippen LogP contribution in [0.2, 0.25) is 0 Å². The lowest BCUT2D eigenvalue weighted by Crippen LogP contribution is -2.50. The van der Waals surface area contributed by atoms with Crippen molar-refractivity contribution in [1.29, 1.82) is 0 Å². The molecule has 0 aliphatic carbocycles. The minimum atomic E-state index is -3.74.